The number of carbonyl (C=O) groups excluding carboxylic acids is 1. The quantitative estimate of drug-likeness (QED) is 0.511. The summed E-state index contributed by atoms with van der Waals surface area (Å²) in [5, 5.41) is 3.06. The van der Waals surface area contributed by atoms with Crippen LogP contribution in [0.5, 0.6) is 0 Å². The molecule has 3 aromatic carbocycles. The van der Waals surface area contributed by atoms with E-state index in [-0.39, 0.29) is 18.5 Å². The van der Waals surface area contributed by atoms with Gasteiger partial charge in [0.1, 0.15) is 0 Å². The van der Waals surface area contributed by atoms with Crippen molar-refractivity contribution in [3.8, 4) is 0 Å². The molecule has 33 heavy (non-hydrogen) atoms. The number of aryl methyl sites for hydroxylation is 4. The molecule has 5 nitrogen and oxygen atoms in total. The van der Waals surface area contributed by atoms with Gasteiger partial charge < -0.3 is 5.32 Å². The summed E-state index contributed by atoms with van der Waals surface area (Å²) in [6.07, 6.45) is 1.19. The highest BCUT2D eigenvalue weighted by Gasteiger charge is 2.20. The molecule has 0 saturated heterocycles. The van der Waals surface area contributed by atoms with E-state index in [9.17, 15) is 13.2 Å². The second-order valence-electron chi connectivity index (χ2n) is 8.73. The number of rotatable bonds is 7. The predicted octanol–water partition coefficient (Wildman–Crippen LogP) is 5.38. The van der Waals surface area contributed by atoms with Gasteiger partial charge in [-0.15, -0.1) is 0 Å². The van der Waals surface area contributed by atoms with Crippen LogP contribution in [0.4, 0.5) is 5.69 Å². The van der Waals surface area contributed by atoms with Crippen molar-refractivity contribution in [3.63, 3.8) is 0 Å². The number of nitrogens with one attached hydrogen (secondary N) is 1. The molecule has 6 heteroatoms. The maximum atomic E-state index is 12.9. The maximum Gasteiger partial charge on any atom is 0.251 e. The molecule has 3 rings (SSSR count). The zero-order chi connectivity index (χ0) is 24.3. The lowest BCUT2D eigenvalue weighted by Gasteiger charge is -2.24. The van der Waals surface area contributed by atoms with Crippen LogP contribution in [0.3, 0.4) is 0 Å². The molecule has 0 aliphatic rings. The summed E-state index contributed by atoms with van der Waals surface area (Å²) in [6, 6.07) is 18.5. The van der Waals surface area contributed by atoms with Gasteiger partial charge in [-0.2, -0.15) is 0 Å². The van der Waals surface area contributed by atoms with E-state index in [2.05, 4.69) is 31.3 Å². The molecule has 1 amide bonds. The molecule has 0 fully saturated rings. The Labute approximate surface area is 197 Å². The van der Waals surface area contributed by atoms with Crippen molar-refractivity contribution < 1.29 is 13.2 Å². The summed E-state index contributed by atoms with van der Waals surface area (Å²) in [5.41, 5.74) is 7.61. The monoisotopic (exact) mass is 464 g/mol. The van der Waals surface area contributed by atoms with Crippen molar-refractivity contribution in [3.05, 3.63) is 99.6 Å². The molecule has 0 aromatic heterocycles. The minimum Gasteiger partial charge on any atom is -0.346 e. The van der Waals surface area contributed by atoms with Crippen LogP contribution in [0, 0.1) is 27.7 Å². The van der Waals surface area contributed by atoms with Crippen LogP contribution in [0.15, 0.2) is 60.7 Å². The van der Waals surface area contributed by atoms with Gasteiger partial charge in [0, 0.05) is 5.56 Å². The fourth-order valence-corrected chi connectivity index (χ4v) is 4.81. The van der Waals surface area contributed by atoms with Gasteiger partial charge in [0.2, 0.25) is 10.0 Å². The van der Waals surface area contributed by atoms with Gasteiger partial charge in [0.15, 0.2) is 0 Å². The van der Waals surface area contributed by atoms with Gasteiger partial charge in [-0.1, -0.05) is 36.4 Å². The number of carbonyl (C=O) groups is 1. The molecule has 0 radical (unpaired) electrons. The summed E-state index contributed by atoms with van der Waals surface area (Å²) in [5.74, 6) is -0.198. The van der Waals surface area contributed by atoms with Crippen LogP contribution in [-0.2, 0) is 16.6 Å². The average molecular weight is 465 g/mol. The van der Waals surface area contributed by atoms with Crippen LogP contribution < -0.4 is 9.62 Å². The second kappa shape index (κ2) is 9.79. The number of benzene rings is 3. The Morgan fingerprint density at radius 2 is 1.48 bits per heavy atom. The van der Waals surface area contributed by atoms with Crippen molar-refractivity contribution in [1.29, 1.82) is 0 Å². The lowest BCUT2D eigenvalue weighted by molar-refractivity contribution is 0.0940. The summed E-state index contributed by atoms with van der Waals surface area (Å²) in [4.78, 5) is 12.9. The highest BCUT2D eigenvalue weighted by atomic mass is 32.2. The minimum atomic E-state index is -3.50. The van der Waals surface area contributed by atoms with Gasteiger partial charge in [-0.05, 0) is 92.3 Å². The van der Waals surface area contributed by atoms with Crippen LogP contribution in [0.2, 0.25) is 0 Å². The van der Waals surface area contributed by atoms with Crippen molar-refractivity contribution in [2.45, 2.75) is 47.2 Å². The molecule has 3 aromatic rings. The van der Waals surface area contributed by atoms with Crippen molar-refractivity contribution in [2.75, 3.05) is 10.6 Å². The van der Waals surface area contributed by atoms with Crippen LogP contribution in [0.1, 0.15) is 56.7 Å². The Balaban J connectivity index is 1.79. The lowest BCUT2D eigenvalue weighted by Crippen LogP contribution is -2.30. The molecule has 0 heterocycles. The molecule has 174 valence electrons. The lowest BCUT2D eigenvalue weighted by atomic mass is 9.96. The van der Waals surface area contributed by atoms with Crippen molar-refractivity contribution in [1.82, 2.24) is 5.32 Å². The molecule has 0 aliphatic heterocycles. The zero-order valence-electron chi connectivity index (χ0n) is 20.1. The van der Waals surface area contributed by atoms with E-state index in [4.69, 9.17) is 0 Å². The molecule has 0 aliphatic carbocycles. The van der Waals surface area contributed by atoms with Crippen LogP contribution in [-0.4, -0.2) is 20.6 Å². The Morgan fingerprint density at radius 3 is 2.09 bits per heavy atom. The van der Waals surface area contributed by atoms with Gasteiger partial charge in [-0.3, -0.25) is 9.10 Å². The topological polar surface area (TPSA) is 66.5 Å². The fourth-order valence-electron chi connectivity index (χ4n) is 3.93. The molecule has 1 atom stereocenters. The predicted molar refractivity (Wildman–Crippen MR) is 135 cm³/mol. The highest BCUT2D eigenvalue weighted by Crippen LogP contribution is 2.24. The Kier molecular flexibility index (Phi) is 7.28. The molecule has 0 saturated carbocycles. The number of hydrogen-bond acceptors (Lipinski definition) is 3. The summed E-state index contributed by atoms with van der Waals surface area (Å²) < 4.78 is 26.4. The van der Waals surface area contributed by atoms with Crippen LogP contribution in [0.25, 0.3) is 0 Å². The summed E-state index contributed by atoms with van der Waals surface area (Å²) in [6.45, 7) is 10.4. The third-order valence-corrected chi connectivity index (χ3v) is 7.23. The molecule has 0 bridgehead atoms. The number of sulfonamides is 1. The standard InChI is InChI=1S/C27H32N2O3S/c1-18-9-7-8-10-24(18)17-29(33(6,31)32)25-13-11-23(12-14-25)27(30)28-22(5)26-16-20(3)19(2)15-21(26)4/h7-16,22H,17H2,1-6H3,(H,28,30)/t22-/m1/s1. The first-order chi connectivity index (χ1) is 15.5. The molecular formula is C27H32N2O3S. The van der Waals surface area contributed by atoms with Crippen molar-refractivity contribution >= 4 is 21.6 Å². The van der Waals surface area contributed by atoms with Gasteiger partial charge in [-0.25, -0.2) is 8.42 Å². The number of anilines is 1. The largest absolute Gasteiger partial charge is 0.346 e. The summed E-state index contributed by atoms with van der Waals surface area (Å²) in [7, 11) is -3.50. The molecule has 0 spiro atoms. The normalized spacial score (nSPS) is 12.3. The third kappa shape index (κ3) is 5.82. The highest BCUT2D eigenvalue weighted by molar-refractivity contribution is 7.92. The van der Waals surface area contributed by atoms with Crippen molar-refractivity contribution in [2.24, 2.45) is 0 Å². The van der Waals surface area contributed by atoms with E-state index >= 15 is 0 Å². The smallest absolute Gasteiger partial charge is 0.251 e. The Morgan fingerprint density at radius 1 is 0.879 bits per heavy atom. The maximum absolute atomic E-state index is 12.9. The number of amides is 1. The first kappa shape index (κ1) is 24.5. The van der Waals surface area contributed by atoms with E-state index < -0.39 is 10.0 Å². The van der Waals surface area contributed by atoms with E-state index in [1.54, 1.807) is 24.3 Å². The fraction of sp³-hybridized carbons (Fsp3) is 0.296. The average Bonchev–Trinajstić information content (AvgIpc) is 2.75. The van der Waals surface area contributed by atoms with Gasteiger partial charge >= 0.3 is 0 Å². The Hall–Kier alpha value is -3.12. The van der Waals surface area contributed by atoms with E-state index in [1.807, 2.05) is 45.0 Å². The van der Waals surface area contributed by atoms with Gasteiger partial charge in [0.25, 0.3) is 5.91 Å². The second-order valence-corrected chi connectivity index (χ2v) is 10.6. The Bertz CT molecular complexity index is 1270. The van der Waals surface area contributed by atoms with E-state index in [0.29, 0.717) is 11.3 Å². The van der Waals surface area contributed by atoms with E-state index in [1.165, 1.54) is 21.7 Å². The third-order valence-electron chi connectivity index (χ3n) is 6.09. The molecular weight excluding hydrogens is 432 g/mol. The number of hydrogen-bond donors (Lipinski definition) is 1. The minimum absolute atomic E-state index is 0.148. The zero-order valence-corrected chi connectivity index (χ0v) is 21.0. The first-order valence-electron chi connectivity index (χ1n) is 11.0. The van der Waals surface area contributed by atoms with Crippen LogP contribution >= 0.6 is 0 Å². The first-order valence-corrected chi connectivity index (χ1v) is 12.8. The number of nitrogens with zero attached hydrogens (tertiary/aromatic N) is 1. The summed E-state index contributed by atoms with van der Waals surface area (Å²) >= 11 is 0. The molecule has 0 unspecified atom stereocenters. The SMILES string of the molecule is Cc1cc(C)c([C@@H](C)NC(=O)c2ccc(N(Cc3ccccc3C)S(C)(=O)=O)cc2)cc1C. The van der Waals surface area contributed by atoms with Gasteiger partial charge in [0.05, 0.1) is 24.5 Å². The molecule has 1 N–H and O–H groups in total. The van der Waals surface area contributed by atoms with E-state index in [0.717, 1.165) is 22.3 Å².